The van der Waals surface area contributed by atoms with Crippen LogP contribution in [-0.4, -0.2) is 30.1 Å². The summed E-state index contributed by atoms with van der Waals surface area (Å²) in [6.45, 7) is 4.83. The number of amides is 3. The number of nitrogens with two attached hydrogens (primary N) is 1. The Morgan fingerprint density at radius 1 is 1.13 bits per heavy atom. The average Bonchev–Trinajstić information content (AvgIpc) is 2.45. The van der Waals surface area contributed by atoms with Gasteiger partial charge in [-0.3, -0.25) is 10.1 Å². The van der Waals surface area contributed by atoms with Gasteiger partial charge in [-0.1, -0.05) is 25.4 Å². The summed E-state index contributed by atoms with van der Waals surface area (Å²) in [7, 11) is 0. The normalized spacial score (nSPS) is 13.1. The maximum atomic E-state index is 12.0. The number of rotatable bonds is 6. The van der Waals surface area contributed by atoms with Crippen molar-refractivity contribution in [2.24, 2.45) is 11.7 Å². The topological polar surface area (TPSA) is 108 Å². The van der Waals surface area contributed by atoms with Gasteiger partial charge in [0.25, 0.3) is 5.91 Å². The summed E-state index contributed by atoms with van der Waals surface area (Å²) >= 11 is 5.76. The Kier molecular flexibility index (Phi) is 6.84. The Balaban J connectivity index is 2.68. The Labute approximate surface area is 139 Å². The average molecular weight is 343 g/mol. The summed E-state index contributed by atoms with van der Waals surface area (Å²) in [6, 6.07) is 5.43. The molecule has 0 saturated carbocycles. The smallest absolute Gasteiger partial charge is 0.347 e. The lowest BCUT2D eigenvalue weighted by Gasteiger charge is -2.22. The minimum atomic E-state index is -1.15. The lowest BCUT2D eigenvalue weighted by Crippen LogP contribution is -2.46. The zero-order chi connectivity index (χ0) is 17.6. The first kappa shape index (κ1) is 18.8. The molecule has 0 bridgehead atoms. The number of nitrogens with one attached hydrogen (secondary N) is 1. The number of benzene rings is 1. The molecule has 1 aromatic rings. The summed E-state index contributed by atoms with van der Waals surface area (Å²) in [5.74, 6) is -1.43. The van der Waals surface area contributed by atoms with Gasteiger partial charge in [0.15, 0.2) is 12.2 Å². The molecule has 0 spiro atoms. The minimum absolute atomic E-state index is 0.346. The molecule has 23 heavy (non-hydrogen) atoms. The SMILES string of the molecule is CC(C)[C@H](OC(=O)[C@H](C)Oc1ccc(Cl)cc1)C(=O)NC(N)=O. The molecule has 1 rings (SSSR count). The fourth-order valence-corrected chi connectivity index (χ4v) is 1.80. The van der Waals surface area contributed by atoms with Crippen molar-refractivity contribution in [3.8, 4) is 5.75 Å². The van der Waals surface area contributed by atoms with E-state index in [1.807, 2.05) is 5.32 Å². The quantitative estimate of drug-likeness (QED) is 0.767. The van der Waals surface area contributed by atoms with Gasteiger partial charge in [-0.05, 0) is 37.1 Å². The van der Waals surface area contributed by atoms with Crippen LogP contribution in [0, 0.1) is 5.92 Å². The molecular formula is C15H19ClN2O5. The molecule has 0 saturated heterocycles. The molecule has 2 atom stereocenters. The van der Waals surface area contributed by atoms with E-state index in [0.717, 1.165) is 0 Å². The fraction of sp³-hybridized carbons (Fsp3) is 0.400. The van der Waals surface area contributed by atoms with E-state index in [1.165, 1.54) is 6.92 Å². The molecule has 1 aromatic carbocycles. The highest BCUT2D eigenvalue weighted by molar-refractivity contribution is 6.30. The maximum absolute atomic E-state index is 12.0. The number of urea groups is 1. The molecule has 7 nitrogen and oxygen atoms in total. The predicted octanol–water partition coefficient (Wildman–Crippen LogP) is 1.87. The van der Waals surface area contributed by atoms with Gasteiger partial charge in [-0.25, -0.2) is 9.59 Å². The van der Waals surface area contributed by atoms with Crippen LogP contribution < -0.4 is 15.8 Å². The van der Waals surface area contributed by atoms with Crippen molar-refractivity contribution in [1.82, 2.24) is 5.32 Å². The zero-order valence-electron chi connectivity index (χ0n) is 13.0. The first-order valence-electron chi connectivity index (χ1n) is 6.93. The first-order chi connectivity index (χ1) is 10.7. The van der Waals surface area contributed by atoms with E-state index < -0.39 is 30.1 Å². The predicted molar refractivity (Wildman–Crippen MR) is 84.0 cm³/mol. The standard InChI is InChI=1S/C15H19ClN2O5/c1-8(2)12(13(19)18-15(17)21)23-14(20)9(3)22-11-6-4-10(16)5-7-11/h4-9,12H,1-3H3,(H3,17,18,19,21)/t9-,12-/m0/s1. The number of carbonyl (C=O) groups is 3. The Hall–Kier alpha value is -2.28. The molecule has 0 unspecified atom stereocenters. The second-order valence-corrected chi connectivity index (χ2v) is 5.61. The lowest BCUT2D eigenvalue weighted by molar-refractivity contribution is -0.164. The van der Waals surface area contributed by atoms with E-state index in [0.29, 0.717) is 10.8 Å². The molecule has 0 radical (unpaired) electrons. The van der Waals surface area contributed by atoms with Crippen molar-refractivity contribution in [3.63, 3.8) is 0 Å². The number of hydrogen-bond acceptors (Lipinski definition) is 5. The molecule has 126 valence electrons. The molecule has 0 fully saturated rings. The number of imide groups is 1. The third kappa shape index (κ3) is 6.15. The van der Waals surface area contributed by atoms with Crippen LogP contribution in [0.5, 0.6) is 5.75 Å². The minimum Gasteiger partial charge on any atom is -0.479 e. The van der Waals surface area contributed by atoms with Gasteiger partial charge in [-0.2, -0.15) is 0 Å². The summed E-state index contributed by atoms with van der Waals surface area (Å²) in [6.07, 6.45) is -2.09. The number of carbonyl (C=O) groups excluding carboxylic acids is 3. The molecule has 8 heteroatoms. The van der Waals surface area contributed by atoms with Crippen molar-refractivity contribution in [2.75, 3.05) is 0 Å². The Bertz CT molecular complexity index is 574. The number of hydrogen-bond donors (Lipinski definition) is 2. The Morgan fingerprint density at radius 3 is 2.17 bits per heavy atom. The maximum Gasteiger partial charge on any atom is 0.347 e. The van der Waals surface area contributed by atoms with Crippen LogP contribution in [0.15, 0.2) is 24.3 Å². The van der Waals surface area contributed by atoms with Crippen LogP contribution in [0.25, 0.3) is 0 Å². The number of ether oxygens (including phenoxy) is 2. The monoisotopic (exact) mass is 342 g/mol. The number of halogens is 1. The van der Waals surface area contributed by atoms with Crippen LogP contribution in [0.2, 0.25) is 5.02 Å². The van der Waals surface area contributed by atoms with Crippen molar-refractivity contribution >= 4 is 29.5 Å². The van der Waals surface area contributed by atoms with Crippen molar-refractivity contribution in [2.45, 2.75) is 33.0 Å². The van der Waals surface area contributed by atoms with Gasteiger partial charge in [0.1, 0.15) is 5.75 Å². The highest BCUT2D eigenvalue weighted by Crippen LogP contribution is 2.17. The van der Waals surface area contributed by atoms with Gasteiger partial charge in [0.2, 0.25) is 0 Å². The zero-order valence-corrected chi connectivity index (χ0v) is 13.8. The summed E-state index contributed by atoms with van der Waals surface area (Å²) in [5.41, 5.74) is 4.89. The van der Waals surface area contributed by atoms with Crippen molar-refractivity contribution in [1.29, 1.82) is 0 Å². The highest BCUT2D eigenvalue weighted by Gasteiger charge is 2.30. The summed E-state index contributed by atoms with van der Waals surface area (Å²) < 4.78 is 10.5. The molecule has 3 amide bonds. The van der Waals surface area contributed by atoms with E-state index >= 15 is 0 Å². The molecular weight excluding hydrogens is 324 g/mol. The van der Waals surface area contributed by atoms with E-state index in [2.05, 4.69) is 0 Å². The van der Waals surface area contributed by atoms with Gasteiger partial charge >= 0.3 is 12.0 Å². The molecule has 0 aromatic heterocycles. The van der Waals surface area contributed by atoms with Gasteiger partial charge < -0.3 is 15.2 Å². The largest absolute Gasteiger partial charge is 0.479 e. The Morgan fingerprint density at radius 2 is 1.70 bits per heavy atom. The van der Waals surface area contributed by atoms with E-state index in [-0.39, 0.29) is 5.92 Å². The van der Waals surface area contributed by atoms with Crippen LogP contribution in [0.3, 0.4) is 0 Å². The van der Waals surface area contributed by atoms with Gasteiger partial charge in [0, 0.05) is 5.02 Å². The fourth-order valence-electron chi connectivity index (χ4n) is 1.67. The van der Waals surface area contributed by atoms with Gasteiger partial charge in [-0.15, -0.1) is 0 Å². The lowest BCUT2D eigenvalue weighted by atomic mass is 10.1. The van der Waals surface area contributed by atoms with Crippen LogP contribution in [0.1, 0.15) is 20.8 Å². The molecule has 0 aliphatic heterocycles. The van der Waals surface area contributed by atoms with E-state index in [1.54, 1.807) is 38.1 Å². The second kappa shape index (κ2) is 8.38. The van der Waals surface area contributed by atoms with E-state index in [9.17, 15) is 14.4 Å². The summed E-state index contributed by atoms with van der Waals surface area (Å²) in [4.78, 5) is 34.6. The van der Waals surface area contributed by atoms with Crippen LogP contribution in [-0.2, 0) is 14.3 Å². The number of primary amides is 1. The van der Waals surface area contributed by atoms with Crippen LogP contribution in [0.4, 0.5) is 4.79 Å². The van der Waals surface area contributed by atoms with Crippen LogP contribution >= 0.6 is 11.6 Å². The second-order valence-electron chi connectivity index (χ2n) is 5.17. The third-order valence-electron chi connectivity index (χ3n) is 2.81. The third-order valence-corrected chi connectivity index (χ3v) is 3.06. The molecule has 0 heterocycles. The van der Waals surface area contributed by atoms with Crippen molar-refractivity contribution < 1.29 is 23.9 Å². The highest BCUT2D eigenvalue weighted by atomic mass is 35.5. The summed E-state index contributed by atoms with van der Waals surface area (Å²) in [5, 5.41) is 2.43. The molecule has 3 N–H and O–H groups in total. The number of esters is 1. The van der Waals surface area contributed by atoms with E-state index in [4.69, 9.17) is 26.8 Å². The first-order valence-corrected chi connectivity index (χ1v) is 7.31. The van der Waals surface area contributed by atoms with Crippen molar-refractivity contribution in [3.05, 3.63) is 29.3 Å². The van der Waals surface area contributed by atoms with Gasteiger partial charge in [0.05, 0.1) is 0 Å². The molecule has 0 aliphatic carbocycles. The molecule has 0 aliphatic rings.